The van der Waals surface area contributed by atoms with Crippen molar-refractivity contribution < 1.29 is 0 Å². The van der Waals surface area contributed by atoms with E-state index < -0.39 is 0 Å². The van der Waals surface area contributed by atoms with Gasteiger partial charge in [0.25, 0.3) is 0 Å². The Morgan fingerprint density at radius 3 is 2.73 bits per heavy atom. The van der Waals surface area contributed by atoms with Crippen molar-refractivity contribution in [2.24, 2.45) is 0 Å². The van der Waals surface area contributed by atoms with E-state index in [9.17, 15) is 0 Å². The minimum absolute atomic E-state index is 0.805. The van der Waals surface area contributed by atoms with E-state index in [0.717, 1.165) is 12.6 Å². The van der Waals surface area contributed by atoms with Crippen LogP contribution in [0.4, 0.5) is 0 Å². The third-order valence-corrected chi connectivity index (χ3v) is 4.17. The van der Waals surface area contributed by atoms with E-state index in [2.05, 4.69) is 57.8 Å². The van der Waals surface area contributed by atoms with Crippen LogP contribution in [-0.4, -0.2) is 21.9 Å². The lowest BCUT2D eigenvalue weighted by Crippen LogP contribution is -2.39. The van der Waals surface area contributed by atoms with Gasteiger partial charge in [-0.25, -0.2) is 0 Å². The molecule has 0 bridgehead atoms. The zero-order chi connectivity index (χ0) is 10.5. The third kappa shape index (κ3) is 3.18. The maximum absolute atomic E-state index is 2.64. The second-order valence-corrected chi connectivity index (χ2v) is 5.14. The molecule has 0 aliphatic carbocycles. The number of rotatable bonds is 3. The van der Waals surface area contributed by atoms with Crippen LogP contribution >= 0.6 is 22.6 Å². The Hall–Kier alpha value is -0.0900. The minimum Gasteiger partial charge on any atom is -0.295 e. The lowest BCUT2D eigenvalue weighted by molar-refractivity contribution is 0.158. The number of nitrogens with zero attached hydrogens (tertiary/aromatic N) is 1. The first-order valence-corrected chi connectivity index (χ1v) is 7.26. The summed E-state index contributed by atoms with van der Waals surface area (Å²) in [7, 11) is 0. The predicted molar refractivity (Wildman–Crippen MR) is 73.4 cm³/mol. The van der Waals surface area contributed by atoms with Crippen LogP contribution in [0.1, 0.15) is 24.8 Å². The van der Waals surface area contributed by atoms with E-state index in [1.165, 1.54) is 35.8 Å². The van der Waals surface area contributed by atoms with Crippen LogP contribution in [0.15, 0.2) is 30.3 Å². The molecule has 1 unspecified atom stereocenters. The molecule has 1 aliphatic heterocycles. The molecule has 0 radical (unpaired) electrons. The number of halogens is 1. The molecule has 1 saturated heterocycles. The van der Waals surface area contributed by atoms with E-state index in [4.69, 9.17) is 0 Å². The van der Waals surface area contributed by atoms with Gasteiger partial charge in [0.15, 0.2) is 0 Å². The fourth-order valence-electron chi connectivity index (χ4n) is 2.26. The van der Waals surface area contributed by atoms with Crippen LogP contribution in [0.5, 0.6) is 0 Å². The fraction of sp³-hybridized carbons (Fsp3) is 0.538. The standard InChI is InChI=1S/C13H18IN/c14-10-13-8-4-5-9-15(13)11-12-6-2-1-3-7-12/h1-3,6-7,13H,4-5,8-11H2. The van der Waals surface area contributed by atoms with Gasteiger partial charge in [0.1, 0.15) is 0 Å². The molecule has 15 heavy (non-hydrogen) atoms. The number of hydrogen-bond donors (Lipinski definition) is 0. The van der Waals surface area contributed by atoms with Crippen LogP contribution in [0.25, 0.3) is 0 Å². The lowest BCUT2D eigenvalue weighted by Gasteiger charge is -2.34. The van der Waals surface area contributed by atoms with E-state index in [-0.39, 0.29) is 0 Å². The van der Waals surface area contributed by atoms with Crippen molar-refractivity contribution in [3.63, 3.8) is 0 Å². The predicted octanol–water partition coefficient (Wildman–Crippen LogP) is 3.48. The summed E-state index contributed by atoms with van der Waals surface area (Å²) >= 11 is 2.52. The summed E-state index contributed by atoms with van der Waals surface area (Å²) in [5.74, 6) is 0. The SMILES string of the molecule is ICC1CCCCN1Cc1ccccc1. The maximum atomic E-state index is 2.64. The molecular weight excluding hydrogens is 297 g/mol. The summed E-state index contributed by atoms with van der Waals surface area (Å²) in [6.07, 6.45) is 4.18. The van der Waals surface area contributed by atoms with Crippen molar-refractivity contribution in [2.75, 3.05) is 11.0 Å². The first-order chi connectivity index (χ1) is 7.40. The summed E-state index contributed by atoms with van der Waals surface area (Å²) in [4.78, 5) is 2.64. The highest BCUT2D eigenvalue weighted by molar-refractivity contribution is 14.1. The molecule has 1 aliphatic rings. The van der Waals surface area contributed by atoms with E-state index in [1.54, 1.807) is 0 Å². The van der Waals surface area contributed by atoms with Crippen LogP contribution in [0, 0.1) is 0 Å². The van der Waals surface area contributed by atoms with Crippen molar-refractivity contribution in [2.45, 2.75) is 31.8 Å². The van der Waals surface area contributed by atoms with Gasteiger partial charge in [0.2, 0.25) is 0 Å². The Labute approximate surface area is 106 Å². The molecule has 1 aromatic carbocycles. The summed E-state index contributed by atoms with van der Waals surface area (Å²) in [6.45, 7) is 2.41. The molecular formula is C13H18IN. The van der Waals surface area contributed by atoms with Gasteiger partial charge in [-0.2, -0.15) is 0 Å². The normalized spacial score (nSPS) is 22.9. The Morgan fingerprint density at radius 2 is 2.00 bits per heavy atom. The van der Waals surface area contributed by atoms with Crippen LogP contribution in [-0.2, 0) is 6.54 Å². The van der Waals surface area contributed by atoms with Crippen LogP contribution < -0.4 is 0 Å². The molecule has 0 N–H and O–H groups in total. The molecule has 2 heteroatoms. The number of alkyl halides is 1. The molecule has 1 aromatic rings. The summed E-state index contributed by atoms with van der Waals surface area (Å²) < 4.78 is 1.27. The maximum Gasteiger partial charge on any atom is 0.0236 e. The quantitative estimate of drug-likeness (QED) is 0.610. The largest absolute Gasteiger partial charge is 0.295 e. The number of benzene rings is 1. The first-order valence-electron chi connectivity index (χ1n) is 5.74. The summed E-state index contributed by atoms with van der Waals surface area (Å²) in [6, 6.07) is 11.6. The Bertz CT molecular complexity index is 286. The van der Waals surface area contributed by atoms with Crippen LogP contribution in [0.3, 0.4) is 0 Å². The van der Waals surface area contributed by atoms with Gasteiger partial charge in [0, 0.05) is 17.0 Å². The molecule has 1 fully saturated rings. The monoisotopic (exact) mass is 315 g/mol. The molecule has 2 rings (SSSR count). The number of likely N-dealkylation sites (tertiary alicyclic amines) is 1. The summed E-state index contributed by atoms with van der Waals surface area (Å²) in [5.41, 5.74) is 1.45. The fourth-order valence-corrected chi connectivity index (χ4v) is 3.26. The molecule has 0 aromatic heterocycles. The van der Waals surface area contributed by atoms with Gasteiger partial charge in [-0.15, -0.1) is 0 Å². The Morgan fingerprint density at radius 1 is 1.20 bits per heavy atom. The Balaban J connectivity index is 1.97. The van der Waals surface area contributed by atoms with E-state index in [0.29, 0.717) is 0 Å². The average molecular weight is 315 g/mol. The number of piperidine rings is 1. The third-order valence-electron chi connectivity index (χ3n) is 3.16. The molecule has 82 valence electrons. The smallest absolute Gasteiger partial charge is 0.0236 e. The molecule has 1 heterocycles. The summed E-state index contributed by atoms with van der Waals surface area (Å²) in [5, 5.41) is 0. The van der Waals surface area contributed by atoms with Gasteiger partial charge in [-0.3, -0.25) is 4.90 Å². The van der Waals surface area contributed by atoms with Gasteiger partial charge < -0.3 is 0 Å². The second kappa shape index (κ2) is 5.85. The molecule has 0 saturated carbocycles. The van der Waals surface area contributed by atoms with E-state index in [1.807, 2.05) is 0 Å². The second-order valence-electron chi connectivity index (χ2n) is 4.26. The van der Waals surface area contributed by atoms with Gasteiger partial charge in [-0.05, 0) is 24.9 Å². The zero-order valence-electron chi connectivity index (χ0n) is 9.03. The van der Waals surface area contributed by atoms with Crippen molar-refractivity contribution in [3.05, 3.63) is 35.9 Å². The van der Waals surface area contributed by atoms with E-state index >= 15 is 0 Å². The van der Waals surface area contributed by atoms with Gasteiger partial charge in [-0.1, -0.05) is 59.3 Å². The minimum atomic E-state index is 0.805. The topological polar surface area (TPSA) is 3.24 Å². The van der Waals surface area contributed by atoms with Crippen molar-refractivity contribution in [1.29, 1.82) is 0 Å². The molecule has 1 atom stereocenters. The average Bonchev–Trinajstić information content (AvgIpc) is 2.31. The van der Waals surface area contributed by atoms with Crippen molar-refractivity contribution in [3.8, 4) is 0 Å². The first kappa shape index (κ1) is 11.4. The highest BCUT2D eigenvalue weighted by atomic mass is 127. The van der Waals surface area contributed by atoms with Gasteiger partial charge in [0.05, 0.1) is 0 Å². The molecule has 0 spiro atoms. The molecule has 0 amide bonds. The van der Waals surface area contributed by atoms with Crippen molar-refractivity contribution >= 4 is 22.6 Å². The zero-order valence-corrected chi connectivity index (χ0v) is 11.2. The Kier molecular flexibility index (Phi) is 4.44. The highest BCUT2D eigenvalue weighted by Crippen LogP contribution is 2.20. The lowest BCUT2D eigenvalue weighted by atomic mass is 10.0. The highest BCUT2D eigenvalue weighted by Gasteiger charge is 2.20. The number of hydrogen-bond acceptors (Lipinski definition) is 1. The van der Waals surface area contributed by atoms with Crippen molar-refractivity contribution in [1.82, 2.24) is 4.90 Å². The molecule has 1 nitrogen and oxygen atoms in total. The van der Waals surface area contributed by atoms with Crippen LogP contribution in [0.2, 0.25) is 0 Å². The van der Waals surface area contributed by atoms with Gasteiger partial charge >= 0.3 is 0 Å².